The third-order valence-corrected chi connectivity index (χ3v) is 5.62. The third-order valence-electron chi connectivity index (χ3n) is 5.62. The zero-order chi connectivity index (χ0) is 23.0. The number of halogens is 1. The van der Waals surface area contributed by atoms with Crippen LogP contribution in [0, 0.1) is 19.7 Å². The van der Waals surface area contributed by atoms with Gasteiger partial charge in [0.05, 0.1) is 24.3 Å². The van der Waals surface area contributed by atoms with Crippen LogP contribution in [0.5, 0.6) is 5.75 Å². The van der Waals surface area contributed by atoms with Gasteiger partial charge in [0.2, 0.25) is 0 Å². The van der Waals surface area contributed by atoms with E-state index in [0.29, 0.717) is 16.9 Å². The summed E-state index contributed by atoms with van der Waals surface area (Å²) in [7, 11) is 1.46. The molecular formula is C26H22FNO4. The number of ketones is 1. The van der Waals surface area contributed by atoms with Crippen LogP contribution in [0.1, 0.15) is 28.3 Å². The van der Waals surface area contributed by atoms with Crippen LogP contribution in [0.25, 0.3) is 5.76 Å². The molecule has 1 saturated heterocycles. The largest absolute Gasteiger partial charge is 0.507 e. The Kier molecular flexibility index (Phi) is 5.53. The second kappa shape index (κ2) is 8.30. The molecule has 5 nitrogen and oxygen atoms in total. The molecule has 1 aliphatic rings. The number of carbonyl (C=O) groups is 2. The summed E-state index contributed by atoms with van der Waals surface area (Å²) in [5.41, 5.74) is 2.79. The van der Waals surface area contributed by atoms with Gasteiger partial charge < -0.3 is 9.84 Å². The van der Waals surface area contributed by atoms with Crippen LogP contribution in [-0.4, -0.2) is 23.9 Å². The zero-order valence-electron chi connectivity index (χ0n) is 17.9. The fourth-order valence-corrected chi connectivity index (χ4v) is 4.06. The summed E-state index contributed by atoms with van der Waals surface area (Å²) in [6.45, 7) is 3.70. The molecule has 162 valence electrons. The number of anilines is 1. The number of aryl methyl sites for hydroxylation is 2. The SMILES string of the molecule is COc1ccc(C)cc1/C(O)=C1\C(=O)C(=O)N(c2cccc(F)c2)C1c1ccccc1C. The number of Topliss-reactive ketones (excluding diaryl/α,β-unsaturated/α-hetero) is 1. The van der Waals surface area contributed by atoms with Crippen molar-refractivity contribution in [1.82, 2.24) is 0 Å². The molecule has 3 aromatic carbocycles. The van der Waals surface area contributed by atoms with Gasteiger partial charge in [-0.05, 0) is 55.3 Å². The fraction of sp³-hybridized carbons (Fsp3) is 0.154. The summed E-state index contributed by atoms with van der Waals surface area (Å²) in [6, 6.07) is 17.1. The molecule has 1 atom stereocenters. The molecule has 6 heteroatoms. The average Bonchev–Trinajstić information content (AvgIpc) is 3.04. The Balaban J connectivity index is 2.02. The normalized spacial score (nSPS) is 17.6. The maximum atomic E-state index is 14.0. The number of ether oxygens (including phenoxy) is 1. The van der Waals surface area contributed by atoms with Crippen LogP contribution in [0.4, 0.5) is 10.1 Å². The molecular weight excluding hydrogens is 409 g/mol. The van der Waals surface area contributed by atoms with Crippen LogP contribution in [0.15, 0.2) is 72.3 Å². The lowest BCUT2D eigenvalue weighted by Gasteiger charge is -2.26. The highest BCUT2D eigenvalue weighted by Gasteiger charge is 2.47. The Hall–Kier alpha value is -3.93. The maximum Gasteiger partial charge on any atom is 0.300 e. The lowest BCUT2D eigenvalue weighted by Crippen LogP contribution is -2.29. The molecule has 1 amide bonds. The van der Waals surface area contributed by atoms with Crippen molar-refractivity contribution in [2.45, 2.75) is 19.9 Å². The molecule has 1 unspecified atom stereocenters. The summed E-state index contributed by atoms with van der Waals surface area (Å²) < 4.78 is 19.4. The summed E-state index contributed by atoms with van der Waals surface area (Å²) >= 11 is 0. The van der Waals surface area contributed by atoms with Gasteiger partial charge in [0, 0.05) is 5.69 Å². The van der Waals surface area contributed by atoms with Gasteiger partial charge in [-0.2, -0.15) is 0 Å². The van der Waals surface area contributed by atoms with Crippen LogP contribution in [-0.2, 0) is 9.59 Å². The van der Waals surface area contributed by atoms with Crippen molar-refractivity contribution in [2.75, 3.05) is 12.0 Å². The van der Waals surface area contributed by atoms with E-state index in [1.807, 2.05) is 32.0 Å². The quantitative estimate of drug-likeness (QED) is 0.356. The van der Waals surface area contributed by atoms with E-state index in [-0.39, 0.29) is 17.0 Å². The average molecular weight is 431 g/mol. The number of benzene rings is 3. The van der Waals surface area contributed by atoms with Crippen molar-refractivity contribution >= 4 is 23.1 Å². The molecule has 3 aromatic rings. The Morgan fingerprint density at radius 1 is 1.00 bits per heavy atom. The summed E-state index contributed by atoms with van der Waals surface area (Å²) in [5, 5.41) is 11.3. The number of rotatable bonds is 4. The third kappa shape index (κ3) is 3.54. The first-order valence-corrected chi connectivity index (χ1v) is 10.1. The van der Waals surface area contributed by atoms with Crippen molar-refractivity contribution in [3.8, 4) is 5.75 Å². The molecule has 0 bridgehead atoms. The maximum absolute atomic E-state index is 14.0. The minimum Gasteiger partial charge on any atom is -0.507 e. The fourth-order valence-electron chi connectivity index (χ4n) is 4.06. The first-order valence-electron chi connectivity index (χ1n) is 10.1. The minimum absolute atomic E-state index is 0.0718. The molecule has 4 rings (SSSR count). The van der Waals surface area contributed by atoms with E-state index in [1.54, 1.807) is 30.3 Å². The smallest absolute Gasteiger partial charge is 0.300 e. The molecule has 1 heterocycles. The Bertz CT molecular complexity index is 1260. The molecule has 0 aromatic heterocycles. The molecule has 0 spiro atoms. The number of carbonyl (C=O) groups excluding carboxylic acids is 2. The summed E-state index contributed by atoms with van der Waals surface area (Å²) in [5.74, 6) is -2.18. The van der Waals surface area contributed by atoms with Crippen LogP contribution < -0.4 is 9.64 Å². The van der Waals surface area contributed by atoms with Crippen molar-refractivity contribution in [3.05, 3.63) is 100 Å². The predicted octanol–water partition coefficient (Wildman–Crippen LogP) is 5.08. The zero-order valence-corrected chi connectivity index (χ0v) is 17.9. The van der Waals surface area contributed by atoms with E-state index >= 15 is 0 Å². The van der Waals surface area contributed by atoms with Crippen LogP contribution >= 0.6 is 0 Å². The summed E-state index contributed by atoms with van der Waals surface area (Å²) in [4.78, 5) is 27.6. The van der Waals surface area contributed by atoms with Gasteiger partial charge in [-0.25, -0.2) is 4.39 Å². The highest BCUT2D eigenvalue weighted by Crippen LogP contribution is 2.44. The lowest BCUT2D eigenvalue weighted by atomic mass is 9.92. The first-order chi connectivity index (χ1) is 15.3. The van der Waals surface area contributed by atoms with Crippen LogP contribution in [0.2, 0.25) is 0 Å². The van der Waals surface area contributed by atoms with Gasteiger partial charge >= 0.3 is 0 Å². The predicted molar refractivity (Wildman–Crippen MR) is 120 cm³/mol. The van der Waals surface area contributed by atoms with E-state index in [4.69, 9.17) is 4.74 Å². The first kappa shape index (κ1) is 21.3. The number of aliphatic hydroxyl groups excluding tert-OH is 1. The Morgan fingerprint density at radius 3 is 2.44 bits per heavy atom. The molecule has 32 heavy (non-hydrogen) atoms. The molecule has 1 fully saturated rings. The molecule has 0 aliphatic carbocycles. The Morgan fingerprint density at radius 2 is 1.75 bits per heavy atom. The van der Waals surface area contributed by atoms with Crippen molar-refractivity contribution in [1.29, 1.82) is 0 Å². The highest BCUT2D eigenvalue weighted by atomic mass is 19.1. The molecule has 1 aliphatic heterocycles. The van der Waals surface area contributed by atoms with Crippen molar-refractivity contribution in [2.24, 2.45) is 0 Å². The number of aliphatic hydroxyl groups is 1. The highest BCUT2D eigenvalue weighted by molar-refractivity contribution is 6.51. The van der Waals surface area contributed by atoms with E-state index in [0.717, 1.165) is 11.1 Å². The van der Waals surface area contributed by atoms with Gasteiger partial charge in [-0.3, -0.25) is 14.5 Å². The number of hydrogen-bond donors (Lipinski definition) is 1. The van der Waals surface area contributed by atoms with Crippen molar-refractivity contribution in [3.63, 3.8) is 0 Å². The van der Waals surface area contributed by atoms with Gasteiger partial charge in [0.25, 0.3) is 11.7 Å². The number of amides is 1. The van der Waals surface area contributed by atoms with E-state index in [9.17, 15) is 19.1 Å². The van der Waals surface area contributed by atoms with E-state index in [2.05, 4.69) is 0 Å². The van der Waals surface area contributed by atoms with Crippen LogP contribution in [0.3, 0.4) is 0 Å². The molecule has 0 saturated carbocycles. The van der Waals surface area contributed by atoms with Crippen molar-refractivity contribution < 1.29 is 23.8 Å². The Labute approximate surface area is 185 Å². The molecule has 0 radical (unpaired) electrons. The lowest BCUT2D eigenvalue weighted by molar-refractivity contribution is -0.132. The number of methoxy groups -OCH3 is 1. The van der Waals surface area contributed by atoms with E-state index in [1.165, 1.54) is 30.2 Å². The van der Waals surface area contributed by atoms with Gasteiger partial charge in [0.1, 0.15) is 17.3 Å². The number of hydrogen-bond acceptors (Lipinski definition) is 4. The number of nitrogens with zero attached hydrogens (tertiary/aromatic N) is 1. The van der Waals surface area contributed by atoms with Gasteiger partial charge in [0.15, 0.2) is 0 Å². The second-order valence-electron chi connectivity index (χ2n) is 7.71. The topological polar surface area (TPSA) is 66.8 Å². The van der Waals surface area contributed by atoms with E-state index < -0.39 is 23.5 Å². The van der Waals surface area contributed by atoms with Gasteiger partial charge in [-0.1, -0.05) is 42.0 Å². The van der Waals surface area contributed by atoms with Gasteiger partial charge in [-0.15, -0.1) is 0 Å². The monoisotopic (exact) mass is 431 g/mol. The standard InChI is InChI=1S/C26H22FNO4/c1-15-11-12-21(32-3)20(13-15)24(29)22-23(19-10-5-4-7-16(19)2)28(26(31)25(22)30)18-9-6-8-17(27)14-18/h4-14,23,29H,1-3H3/b24-22+. The second-order valence-corrected chi connectivity index (χ2v) is 7.71. The minimum atomic E-state index is -0.928. The molecule has 1 N–H and O–H groups in total. The summed E-state index contributed by atoms with van der Waals surface area (Å²) in [6.07, 6.45) is 0.